The molecule has 0 spiro atoms. The summed E-state index contributed by atoms with van der Waals surface area (Å²) in [6.07, 6.45) is 5.57. The molecule has 1 aromatic carbocycles. The number of piperidine rings is 1. The maximum atomic E-state index is 11.1. The molecule has 0 aliphatic carbocycles. The third kappa shape index (κ3) is 5.65. The summed E-state index contributed by atoms with van der Waals surface area (Å²) in [5.74, 6) is 6.99. The van der Waals surface area contributed by atoms with Gasteiger partial charge in [-0.3, -0.25) is 9.88 Å². The summed E-state index contributed by atoms with van der Waals surface area (Å²) < 4.78 is 5.34. The number of aromatic nitrogens is 2. The molecule has 33 heavy (non-hydrogen) atoms. The van der Waals surface area contributed by atoms with Crippen LogP contribution >= 0.6 is 22.9 Å². The van der Waals surface area contributed by atoms with Crippen molar-refractivity contribution in [2.75, 3.05) is 33.4 Å². The second-order valence-corrected chi connectivity index (χ2v) is 9.83. The van der Waals surface area contributed by atoms with E-state index in [4.69, 9.17) is 16.3 Å². The van der Waals surface area contributed by atoms with Crippen LogP contribution < -0.4 is 4.74 Å². The number of nitrogens with zero attached hydrogens (tertiary/aromatic N) is 3. The molecule has 2 N–H and O–H groups in total. The average molecular weight is 486 g/mol. The zero-order valence-corrected chi connectivity index (χ0v) is 20.2. The van der Waals surface area contributed by atoms with Crippen molar-refractivity contribution < 1.29 is 14.9 Å². The summed E-state index contributed by atoms with van der Waals surface area (Å²) in [5.41, 5.74) is 1.23. The number of rotatable bonds is 7. The van der Waals surface area contributed by atoms with Gasteiger partial charge in [0.15, 0.2) is 5.01 Å². The average Bonchev–Trinajstić information content (AvgIpc) is 3.36. The molecule has 2 aromatic heterocycles. The molecular weight excluding hydrogens is 458 g/mol. The Labute approximate surface area is 203 Å². The Morgan fingerprint density at radius 3 is 2.82 bits per heavy atom. The van der Waals surface area contributed by atoms with Crippen LogP contribution in [0.5, 0.6) is 5.75 Å². The standard InChI is InChI=1S/C25H28ClN3O3S/c1-32-18-4-5-21-19(15-18)24(20(26)16-28-21)22(31)6-7-25(17-30)8-12-29(13-9-25)11-2-3-23-27-10-14-33-23/h4-5,10,14-16,22,30-31H,6-9,11-13,17H2,1H3/t22-/m0/s1. The van der Waals surface area contributed by atoms with Crippen LogP contribution in [-0.4, -0.2) is 58.4 Å². The van der Waals surface area contributed by atoms with Crippen LogP contribution in [0.4, 0.5) is 0 Å². The van der Waals surface area contributed by atoms with Gasteiger partial charge in [-0.05, 0) is 68.3 Å². The molecule has 0 amide bonds. The number of hydrogen-bond acceptors (Lipinski definition) is 7. The molecule has 6 nitrogen and oxygen atoms in total. The van der Waals surface area contributed by atoms with E-state index in [1.807, 2.05) is 23.6 Å². The van der Waals surface area contributed by atoms with Gasteiger partial charge in [-0.2, -0.15) is 0 Å². The van der Waals surface area contributed by atoms with Crippen molar-refractivity contribution in [3.8, 4) is 17.6 Å². The molecule has 1 saturated heterocycles. The van der Waals surface area contributed by atoms with E-state index in [9.17, 15) is 10.2 Å². The monoisotopic (exact) mass is 485 g/mol. The van der Waals surface area contributed by atoms with Crippen molar-refractivity contribution >= 4 is 33.8 Å². The van der Waals surface area contributed by atoms with Gasteiger partial charge in [0.1, 0.15) is 5.75 Å². The molecule has 0 saturated carbocycles. The molecule has 174 valence electrons. The minimum atomic E-state index is -0.749. The third-order valence-corrected chi connectivity index (χ3v) is 7.52. The minimum Gasteiger partial charge on any atom is -0.497 e. The topological polar surface area (TPSA) is 78.7 Å². The number of thiazole rings is 1. The summed E-state index contributed by atoms with van der Waals surface area (Å²) in [5, 5.41) is 25.3. The van der Waals surface area contributed by atoms with Crippen molar-refractivity contribution in [1.29, 1.82) is 0 Å². The van der Waals surface area contributed by atoms with Crippen molar-refractivity contribution in [1.82, 2.24) is 14.9 Å². The molecule has 0 radical (unpaired) electrons. The fraction of sp³-hybridized carbons (Fsp3) is 0.440. The van der Waals surface area contributed by atoms with Crippen LogP contribution in [0.3, 0.4) is 0 Å². The predicted octanol–water partition coefficient (Wildman–Crippen LogP) is 4.29. The van der Waals surface area contributed by atoms with Crippen LogP contribution in [0.15, 0.2) is 36.0 Å². The second-order valence-electron chi connectivity index (χ2n) is 8.53. The zero-order chi connectivity index (χ0) is 23.3. The van der Waals surface area contributed by atoms with Crippen LogP contribution in [-0.2, 0) is 0 Å². The lowest BCUT2D eigenvalue weighted by atomic mass is 9.74. The maximum absolute atomic E-state index is 11.1. The molecule has 8 heteroatoms. The van der Waals surface area contributed by atoms with Gasteiger partial charge >= 0.3 is 0 Å². The maximum Gasteiger partial charge on any atom is 0.166 e. The molecule has 3 heterocycles. The largest absolute Gasteiger partial charge is 0.497 e. The van der Waals surface area contributed by atoms with E-state index < -0.39 is 6.10 Å². The number of aliphatic hydroxyl groups excluding tert-OH is 2. The van der Waals surface area contributed by atoms with Gasteiger partial charge in [0.05, 0.1) is 30.3 Å². The van der Waals surface area contributed by atoms with E-state index in [0.717, 1.165) is 41.8 Å². The van der Waals surface area contributed by atoms with Crippen molar-refractivity contribution in [3.63, 3.8) is 0 Å². The summed E-state index contributed by atoms with van der Waals surface area (Å²) in [6, 6.07) is 5.57. The first-order chi connectivity index (χ1) is 16.0. The van der Waals surface area contributed by atoms with Crippen LogP contribution in [0.25, 0.3) is 10.9 Å². The van der Waals surface area contributed by atoms with Gasteiger partial charge in [0.25, 0.3) is 0 Å². The number of fused-ring (bicyclic) bond motifs is 1. The lowest BCUT2D eigenvalue weighted by Crippen LogP contribution is -2.42. The van der Waals surface area contributed by atoms with Crippen LogP contribution in [0.1, 0.15) is 42.4 Å². The molecule has 3 aromatic rings. The van der Waals surface area contributed by atoms with Gasteiger partial charge in [0.2, 0.25) is 0 Å². The van der Waals surface area contributed by atoms with Crippen molar-refractivity contribution in [3.05, 3.63) is 51.6 Å². The van der Waals surface area contributed by atoms with Gasteiger partial charge in [-0.25, -0.2) is 4.98 Å². The number of hydrogen-bond donors (Lipinski definition) is 2. The highest BCUT2D eigenvalue weighted by atomic mass is 35.5. The van der Waals surface area contributed by atoms with Crippen LogP contribution in [0.2, 0.25) is 5.02 Å². The summed E-state index contributed by atoms with van der Waals surface area (Å²) in [4.78, 5) is 10.9. The van der Waals surface area contributed by atoms with Crippen molar-refractivity contribution in [2.45, 2.75) is 31.8 Å². The van der Waals surface area contributed by atoms with E-state index in [2.05, 4.69) is 26.7 Å². The Morgan fingerprint density at radius 1 is 1.30 bits per heavy atom. The fourth-order valence-corrected chi connectivity index (χ4v) is 5.19. The third-order valence-electron chi connectivity index (χ3n) is 6.53. The zero-order valence-electron chi connectivity index (χ0n) is 18.6. The smallest absolute Gasteiger partial charge is 0.166 e. The Morgan fingerprint density at radius 2 is 2.12 bits per heavy atom. The van der Waals surface area contributed by atoms with Crippen molar-refractivity contribution in [2.24, 2.45) is 5.41 Å². The first-order valence-corrected chi connectivity index (χ1v) is 12.3. The quantitative estimate of drug-likeness (QED) is 0.486. The first kappa shape index (κ1) is 23.9. The number of aliphatic hydroxyl groups is 2. The molecular formula is C25H28ClN3O3S. The highest BCUT2D eigenvalue weighted by molar-refractivity contribution is 7.10. The number of pyridine rings is 1. The van der Waals surface area contributed by atoms with Gasteiger partial charge in [-0.1, -0.05) is 17.5 Å². The Kier molecular flexibility index (Phi) is 7.84. The SMILES string of the molecule is COc1ccc2ncc(Cl)c([C@@H](O)CCC3(CO)CCN(CC#Cc4nccs4)CC3)c2c1. The van der Waals surface area contributed by atoms with E-state index in [0.29, 0.717) is 35.7 Å². The molecule has 4 rings (SSSR count). The van der Waals surface area contributed by atoms with E-state index in [1.165, 1.54) is 0 Å². The molecule has 1 aliphatic rings. The Hall–Kier alpha value is -2.21. The predicted molar refractivity (Wildman–Crippen MR) is 132 cm³/mol. The number of halogens is 1. The van der Waals surface area contributed by atoms with E-state index in [1.54, 1.807) is 30.8 Å². The van der Waals surface area contributed by atoms with Gasteiger partial charge in [0, 0.05) is 35.3 Å². The fourth-order valence-electron chi connectivity index (χ4n) is 4.41. The molecule has 1 atom stereocenters. The van der Waals surface area contributed by atoms with Gasteiger partial charge < -0.3 is 14.9 Å². The summed E-state index contributed by atoms with van der Waals surface area (Å²) >= 11 is 8.00. The van der Waals surface area contributed by atoms with Crippen LogP contribution in [0, 0.1) is 17.3 Å². The highest BCUT2D eigenvalue weighted by Crippen LogP contribution is 2.40. The number of ether oxygens (including phenoxy) is 1. The summed E-state index contributed by atoms with van der Waals surface area (Å²) in [7, 11) is 1.61. The summed E-state index contributed by atoms with van der Waals surface area (Å²) in [6.45, 7) is 2.56. The first-order valence-electron chi connectivity index (χ1n) is 11.1. The van der Waals surface area contributed by atoms with E-state index in [-0.39, 0.29) is 12.0 Å². The second kappa shape index (κ2) is 10.8. The normalized spacial score (nSPS) is 16.8. The Balaban J connectivity index is 1.39. The number of benzene rings is 1. The molecule has 1 fully saturated rings. The van der Waals surface area contributed by atoms with Gasteiger partial charge in [-0.15, -0.1) is 11.3 Å². The molecule has 1 aliphatic heterocycles. The molecule has 0 bridgehead atoms. The minimum absolute atomic E-state index is 0.108. The lowest BCUT2D eigenvalue weighted by molar-refractivity contribution is 0.0273. The number of methoxy groups -OCH3 is 1. The molecule has 0 unspecified atom stereocenters. The highest BCUT2D eigenvalue weighted by Gasteiger charge is 2.34. The van der Waals surface area contributed by atoms with E-state index >= 15 is 0 Å². The lowest BCUT2D eigenvalue weighted by Gasteiger charge is -2.40. The number of likely N-dealkylation sites (tertiary alicyclic amines) is 1. The Bertz CT molecular complexity index is 1130.